The predicted molar refractivity (Wildman–Crippen MR) is 141 cm³/mol. The van der Waals surface area contributed by atoms with E-state index in [-0.39, 0.29) is 11.5 Å². The van der Waals surface area contributed by atoms with Gasteiger partial charge in [0.1, 0.15) is 15.8 Å². The lowest BCUT2D eigenvalue weighted by molar-refractivity contribution is -0.122. The molecule has 174 valence electrons. The minimum atomic E-state index is -0.188. The van der Waals surface area contributed by atoms with Crippen LogP contribution in [0.15, 0.2) is 64.4 Å². The number of piperazine rings is 1. The number of anilines is 1. The van der Waals surface area contributed by atoms with Gasteiger partial charge in [0, 0.05) is 32.4 Å². The quantitative estimate of drug-likeness (QED) is 0.401. The summed E-state index contributed by atoms with van der Waals surface area (Å²) < 4.78 is 2.02. The highest BCUT2D eigenvalue weighted by Gasteiger charge is 2.33. The summed E-state index contributed by atoms with van der Waals surface area (Å²) >= 11 is 6.75. The third kappa shape index (κ3) is 4.38. The number of carbonyl (C=O) groups excluding carboxylic acids is 1. The molecule has 7 nitrogen and oxygen atoms in total. The van der Waals surface area contributed by atoms with Gasteiger partial charge in [0.05, 0.1) is 17.0 Å². The molecule has 0 saturated carbocycles. The minimum Gasteiger partial charge on any atom is -0.353 e. The van der Waals surface area contributed by atoms with Gasteiger partial charge < -0.3 is 9.80 Å². The molecule has 1 amide bonds. The van der Waals surface area contributed by atoms with Crippen LogP contribution in [0.4, 0.5) is 5.82 Å². The van der Waals surface area contributed by atoms with Crippen LogP contribution in [0, 0.1) is 0 Å². The summed E-state index contributed by atoms with van der Waals surface area (Å²) in [4.78, 5) is 38.2. The summed E-state index contributed by atoms with van der Waals surface area (Å²) in [6.45, 7) is 6.93. The molecule has 2 aliphatic heterocycles. The highest BCUT2D eigenvalue weighted by atomic mass is 32.2. The lowest BCUT2D eigenvalue weighted by Crippen LogP contribution is -2.47. The molecule has 2 fully saturated rings. The summed E-state index contributed by atoms with van der Waals surface area (Å²) in [5.41, 5.74) is 1.83. The molecule has 2 saturated heterocycles. The van der Waals surface area contributed by atoms with Gasteiger partial charge in [0.25, 0.3) is 11.5 Å². The molecule has 0 atom stereocenters. The third-order valence-corrected chi connectivity index (χ3v) is 7.58. The number of rotatable bonds is 5. The lowest BCUT2D eigenvalue weighted by atomic mass is 10.2. The first-order valence-corrected chi connectivity index (χ1v) is 12.6. The first kappa shape index (κ1) is 22.8. The van der Waals surface area contributed by atoms with Crippen molar-refractivity contribution >= 4 is 51.7 Å². The topological polar surface area (TPSA) is 61.2 Å². The molecule has 0 bridgehead atoms. The number of thioether (sulfide) groups is 1. The van der Waals surface area contributed by atoms with Crippen molar-refractivity contribution in [2.45, 2.75) is 13.5 Å². The highest BCUT2D eigenvalue weighted by Crippen LogP contribution is 2.34. The van der Waals surface area contributed by atoms with Crippen molar-refractivity contribution < 1.29 is 4.79 Å². The van der Waals surface area contributed by atoms with Crippen molar-refractivity contribution in [3.8, 4) is 0 Å². The van der Waals surface area contributed by atoms with E-state index in [0.29, 0.717) is 32.8 Å². The normalized spacial score (nSPS) is 18.4. The fourth-order valence-electron chi connectivity index (χ4n) is 4.27. The summed E-state index contributed by atoms with van der Waals surface area (Å²) in [7, 11) is 0. The minimum absolute atomic E-state index is 0.182. The Bertz CT molecular complexity index is 1330. The van der Waals surface area contributed by atoms with Crippen molar-refractivity contribution in [1.82, 2.24) is 19.2 Å². The van der Waals surface area contributed by atoms with Gasteiger partial charge in [-0.2, -0.15) is 0 Å². The maximum Gasteiger partial charge on any atom is 0.267 e. The Labute approximate surface area is 207 Å². The van der Waals surface area contributed by atoms with Crippen molar-refractivity contribution in [2.75, 3.05) is 37.6 Å². The summed E-state index contributed by atoms with van der Waals surface area (Å²) in [5, 5.41) is 0. The van der Waals surface area contributed by atoms with Gasteiger partial charge in [-0.05, 0) is 30.3 Å². The van der Waals surface area contributed by atoms with Crippen LogP contribution in [0.5, 0.6) is 0 Å². The maximum absolute atomic E-state index is 13.5. The Morgan fingerprint density at radius 3 is 2.50 bits per heavy atom. The molecule has 0 spiro atoms. The average molecular weight is 492 g/mol. The number of carbonyl (C=O) groups is 1. The molecule has 9 heteroatoms. The van der Waals surface area contributed by atoms with Gasteiger partial charge >= 0.3 is 0 Å². The molecule has 1 aromatic carbocycles. The van der Waals surface area contributed by atoms with E-state index < -0.39 is 0 Å². The molecule has 0 radical (unpaired) electrons. The van der Waals surface area contributed by atoms with E-state index in [0.717, 1.165) is 38.3 Å². The highest BCUT2D eigenvalue weighted by molar-refractivity contribution is 8.26. The summed E-state index contributed by atoms with van der Waals surface area (Å²) in [6.07, 6.45) is 3.39. The first-order chi connectivity index (χ1) is 16.5. The van der Waals surface area contributed by atoms with Gasteiger partial charge in [0.2, 0.25) is 0 Å². The van der Waals surface area contributed by atoms with Crippen molar-refractivity contribution in [1.29, 1.82) is 0 Å². The summed E-state index contributed by atoms with van der Waals surface area (Å²) in [6, 6.07) is 15.3. The standard InChI is InChI=1S/C25H25N5O2S2/c1-2-27-12-14-28(15-13-27)22-19(23(31)29-11-7-6-10-21(29)26-22)16-20-24(32)30(25(33)34-20)17-18-8-4-3-5-9-18/h3-11,16H,2,12-15,17H2,1H3/b20-16+. The van der Waals surface area contributed by atoms with E-state index in [1.807, 2.05) is 42.5 Å². The molecular weight excluding hydrogens is 466 g/mol. The number of nitrogens with zero attached hydrogens (tertiary/aromatic N) is 5. The number of likely N-dealkylation sites (N-methyl/N-ethyl adjacent to an activating group) is 1. The van der Waals surface area contributed by atoms with E-state index in [1.54, 1.807) is 23.2 Å². The molecule has 4 heterocycles. The molecule has 0 aliphatic carbocycles. The molecule has 0 unspecified atom stereocenters. The van der Waals surface area contributed by atoms with Crippen LogP contribution in [0.1, 0.15) is 18.1 Å². The van der Waals surface area contributed by atoms with Crippen LogP contribution in [0.3, 0.4) is 0 Å². The fraction of sp³-hybridized carbons (Fsp3) is 0.280. The summed E-state index contributed by atoms with van der Waals surface area (Å²) in [5.74, 6) is 0.443. The second kappa shape index (κ2) is 9.69. The van der Waals surface area contributed by atoms with Gasteiger partial charge in [-0.25, -0.2) is 4.98 Å². The number of aromatic nitrogens is 2. The zero-order valence-electron chi connectivity index (χ0n) is 18.9. The number of benzene rings is 1. The SMILES string of the molecule is CCN1CCN(c2nc3ccccn3c(=O)c2/C=C2/SC(=S)N(Cc3ccccc3)C2=O)CC1. The van der Waals surface area contributed by atoms with Crippen LogP contribution < -0.4 is 10.5 Å². The Morgan fingerprint density at radius 2 is 1.76 bits per heavy atom. The Kier molecular flexibility index (Phi) is 6.49. The number of thiocarbonyl (C=S) groups is 1. The predicted octanol–water partition coefficient (Wildman–Crippen LogP) is 3.24. The van der Waals surface area contributed by atoms with E-state index in [4.69, 9.17) is 17.2 Å². The lowest BCUT2D eigenvalue weighted by Gasteiger charge is -2.35. The second-order valence-corrected chi connectivity index (χ2v) is 9.93. The van der Waals surface area contributed by atoms with E-state index in [9.17, 15) is 9.59 Å². The molecule has 2 aromatic heterocycles. The molecule has 5 rings (SSSR count). The van der Waals surface area contributed by atoms with Gasteiger partial charge in [0.15, 0.2) is 0 Å². The van der Waals surface area contributed by atoms with E-state index in [1.165, 1.54) is 16.2 Å². The largest absolute Gasteiger partial charge is 0.353 e. The number of hydrogen-bond donors (Lipinski definition) is 0. The fourth-order valence-corrected chi connectivity index (χ4v) is 5.50. The number of hydrogen-bond acceptors (Lipinski definition) is 7. The smallest absolute Gasteiger partial charge is 0.267 e. The number of pyridine rings is 1. The molecule has 2 aliphatic rings. The zero-order chi connectivity index (χ0) is 23.7. The van der Waals surface area contributed by atoms with Gasteiger partial charge in [-0.1, -0.05) is 67.3 Å². The molecular formula is C25H25N5O2S2. The Morgan fingerprint density at radius 1 is 1.03 bits per heavy atom. The first-order valence-electron chi connectivity index (χ1n) is 11.3. The Balaban J connectivity index is 1.54. The van der Waals surface area contributed by atoms with Crippen LogP contribution in [0.2, 0.25) is 0 Å². The zero-order valence-corrected chi connectivity index (χ0v) is 20.5. The van der Waals surface area contributed by atoms with E-state index >= 15 is 0 Å². The number of fused-ring (bicyclic) bond motifs is 1. The molecule has 3 aromatic rings. The van der Waals surface area contributed by atoms with Gasteiger partial charge in [-0.15, -0.1) is 0 Å². The maximum atomic E-state index is 13.5. The van der Waals surface area contributed by atoms with Crippen LogP contribution in [-0.2, 0) is 11.3 Å². The number of amides is 1. The molecule has 34 heavy (non-hydrogen) atoms. The van der Waals surface area contributed by atoms with E-state index in [2.05, 4.69) is 16.7 Å². The average Bonchev–Trinajstić information content (AvgIpc) is 3.13. The van der Waals surface area contributed by atoms with Crippen molar-refractivity contribution in [3.63, 3.8) is 0 Å². The van der Waals surface area contributed by atoms with Crippen molar-refractivity contribution in [3.05, 3.63) is 81.1 Å². The molecule has 0 N–H and O–H groups in total. The van der Waals surface area contributed by atoms with Crippen LogP contribution in [0.25, 0.3) is 11.7 Å². The monoisotopic (exact) mass is 491 g/mol. The third-order valence-electron chi connectivity index (χ3n) is 6.20. The van der Waals surface area contributed by atoms with Crippen LogP contribution in [-0.4, -0.2) is 62.1 Å². The van der Waals surface area contributed by atoms with Crippen molar-refractivity contribution in [2.24, 2.45) is 0 Å². The van der Waals surface area contributed by atoms with Crippen LogP contribution >= 0.6 is 24.0 Å². The van der Waals surface area contributed by atoms with Gasteiger partial charge in [-0.3, -0.25) is 18.9 Å². The second-order valence-electron chi connectivity index (χ2n) is 8.26. The Hall–Kier alpha value is -3.01.